The van der Waals surface area contributed by atoms with Crippen molar-refractivity contribution in [3.8, 4) is 11.5 Å². The van der Waals surface area contributed by atoms with Crippen molar-refractivity contribution < 1.29 is 14.3 Å². The predicted molar refractivity (Wildman–Crippen MR) is 94.7 cm³/mol. The molecular weight excluding hydrogens is 328 g/mol. The van der Waals surface area contributed by atoms with Crippen molar-refractivity contribution in [2.45, 2.75) is 13.1 Å². The van der Waals surface area contributed by atoms with Gasteiger partial charge in [0.1, 0.15) is 0 Å². The van der Waals surface area contributed by atoms with Gasteiger partial charge in [-0.1, -0.05) is 29.8 Å². The molecule has 128 valence electrons. The average molecular weight is 349 g/mol. The van der Waals surface area contributed by atoms with Crippen LogP contribution >= 0.6 is 11.6 Å². The SMILES string of the molecule is COc1ccc(CNC(=O)N(C)Cc2cccc(Cl)c2)cc1OC. The van der Waals surface area contributed by atoms with Crippen LogP contribution in [-0.4, -0.2) is 32.2 Å². The average Bonchev–Trinajstić information content (AvgIpc) is 2.59. The van der Waals surface area contributed by atoms with Crippen molar-refractivity contribution in [2.24, 2.45) is 0 Å². The molecule has 1 N–H and O–H groups in total. The van der Waals surface area contributed by atoms with Gasteiger partial charge in [0.2, 0.25) is 0 Å². The van der Waals surface area contributed by atoms with E-state index < -0.39 is 0 Å². The Morgan fingerprint density at radius 3 is 2.50 bits per heavy atom. The van der Waals surface area contributed by atoms with Crippen LogP contribution in [0.2, 0.25) is 5.02 Å². The first-order chi connectivity index (χ1) is 11.5. The summed E-state index contributed by atoms with van der Waals surface area (Å²) < 4.78 is 10.5. The van der Waals surface area contributed by atoms with Crippen molar-refractivity contribution >= 4 is 17.6 Å². The van der Waals surface area contributed by atoms with E-state index in [9.17, 15) is 4.79 Å². The summed E-state index contributed by atoms with van der Waals surface area (Å²) in [4.78, 5) is 13.8. The molecule has 0 saturated carbocycles. The molecule has 0 atom stereocenters. The van der Waals surface area contributed by atoms with Gasteiger partial charge in [-0.15, -0.1) is 0 Å². The third-order valence-corrected chi connectivity index (χ3v) is 3.78. The van der Waals surface area contributed by atoms with Crippen LogP contribution in [-0.2, 0) is 13.1 Å². The number of rotatable bonds is 6. The van der Waals surface area contributed by atoms with Crippen LogP contribution in [0.3, 0.4) is 0 Å². The van der Waals surface area contributed by atoms with Gasteiger partial charge in [-0.25, -0.2) is 4.79 Å². The Bertz CT molecular complexity index is 706. The molecule has 0 fully saturated rings. The van der Waals surface area contributed by atoms with Crippen molar-refractivity contribution in [3.05, 3.63) is 58.6 Å². The molecule has 0 saturated heterocycles. The fourth-order valence-electron chi connectivity index (χ4n) is 2.28. The molecule has 6 heteroatoms. The highest BCUT2D eigenvalue weighted by Gasteiger charge is 2.10. The zero-order chi connectivity index (χ0) is 17.5. The maximum atomic E-state index is 12.2. The highest BCUT2D eigenvalue weighted by molar-refractivity contribution is 6.30. The molecule has 24 heavy (non-hydrogen) atoms. The Hall–Kier alpha value is -2.40. The second-order valence-corrected chi connectivity index (χ2v) is 5.77. The van der Waals surface area contributed by atoms with Crippen LogP contribution in [0.25, 0.3) is 0 Å². The fourth-order valence-corrected chi connectivity index (χ4v) is 2.50. The Balaban J connectivity index is 1.92. The number of amides is 2. The van der Waals surface area contributed by atoms with Crippen LogP contribution in [0.4, 0.5) is 4.79 Å². The Kier molecular flexibility index (Phi) is 6.32. The van der Waals surface area contributed by atoms with Crippen LogP contribution in [0.15, 0.2) is 42.5 Å². The van der Waals surface area contributed by atoms with Crippen molar-refractivity contribution in [2.75, 3.05) is 21.3 Å². The minimum atomic E-state index is -0.162. The lowest BCUT2D eigenvalue weighted by atomic mass is 10.2. The lowest BCUT2D eigenvalue weighted by molar-refractivity contribution is 0.206. The molecular formula is C18H21ClN2O3. The van der Waals surface area contributed by atoms with Gasteiger partial charge in [0.05, 0.1) is 14.2 Å². The summed E-state index contributed by atoms with van der Waals surface area (Å²) in [6.07, 6.45) is 0. The van der Waals surface area contributed by atoms with Gasteiger partial charge in [-0.3, -0.25) is 0 Å². The molecule has 0 aliphatic heterocycles. The third kappa shape index (κ3) is 4.80. The van der Waals surface area contributed by atoms with E-state index in [1.807, 2.05) is 42.5 Å². The topological polar surface area (TPSA) is 50.8 Å². The van der Waals surface area contributed by atoms with Gasteiger partial charge in [0.25, 0.3) is 0 Å². The molecule has 5 nitrogen and oxygen atoms in total. The first kappa shape index (κ1) is 17.9. The number of nitrogens with one attached hydrogen (secondary N) is 1. The Morgan fingerprint density at radius 1 is 1.08 bits per heavy atom. The van der Waals surface area contributed by atoms with E-state index in [-0.39, 0.29) is 6.03 Å². The lowest BCUT2D eigenvalue weighted by Crippen LogP contribution is -2.36. The number of hydrogen-bond acceptors (Lipinski definition) is 3. The molecule has 2 amide bonds. The lowest BCUT2D eigenvalue weighted by Gasteiger charge is -2.18. The highest BCUT2D eigenvalue weighted by Crippen LogP contribution is 2.27. The molecule has 0 aliphatic rings. The molecule has 0 aromatic heterocycles. The van der Waals surface area contributed by atoms with E-state index in [0.29, 0.717) is 29.6 Å². The number of urea groups is 1. The van der Waals surface area contributed by atoms with Gasteiger partial charge in [0, 0.05) is 25.2 Å². The monoisotopic (exact) mass is 348 g/mol. The quantitative estimate of drug-likeness (QED) is 0.866. The first-order valence-corrected chi connectivity index (χ1v) is 7.85. The van der Waals surface area contributed by atoms with Crippen LogP contribution < -0.4 is 14.8 Å². The largest absolute Gasteiger partial charge is 0.493 e. The molecule has 0 bridgehead atoms. The van der Waals surface area contributed by atoms with Gasteiger partial charge in [-0.2, -0.15) is 0 Å². The van der Waals surface area contributed by atoms with Crippen LogP contribution in [0, 0.1) is 0 Å². The van der Waals surface area contributed by atoms with E-state index in [4.69, 9.17) is 21.1 Å². The predicted octanol–water partition coefficient (Wildman–Crippen LogP) is 3.70. The van der Waals surface area contributed by atoms with Gasteiger partial charge in [0.15, 0.2) is 11.5 Å². The smallest absolute Gasteiger partial charge is 0.317 e. The van der Waals surface area contributed by atoms with E-state index in [1.54, 1.807) is 26.2 Å². The number of carbonyl (C=O) groups excluding carboxylic acids is 1. The van der Waals surface area contributed by atoms with E-state index in [2.05, 4.69) is 5.32 Å². The Morgan fingerprint density at radius 2 is 1.83 bits per heavy atom. The summed E-state index contributed by atoms with van der Waals surface area (Å²) in [7, 11) is 4.91. The number of ether oxygens (including phenoxy) is 2. The molecule has 2 aromatic carbocycles. The molecule has 2 rings (SSSR count). The number of methoxy groups -OCH3 is 2. The number of hydrogen-bond donors (Lipinski definition) is 1. The van der Waals surface area contributed by atoms with Crippen LogP contribution in [0.1, 0.15) is 11.1 Å². The van der Waals surface area contributed by atoms with Gasteiger partial charge in [-0.05, 0) is 35.4 Å². The van der Waals surface area contributed by atoms with E-state index in [1.165, 1.54) is 0 Å². The number of carbonyl (C=O) groups is 1. The van der Waals surface area contributed by atoms with E-state index >= 15 is 0 Å². The summed E-state index contributed by atoms with van der Waals surface area (Å²) in [6.45, 7) is 0.886. The molecule has 0 unspecified atom stereocenters. The van der Waals surface area contributed by atoms with Crippen molar-refractivity contribution in [3.63, 3.8) is 0 Å². The van der Waals surface area contributed by atoms with Gasteiger partial charge < -0.3 is 19.7 Å². The number of halogens is 1. The minimum Gasteiger partial charge on any atom is -0.493 e. The second-order valence-electron chi connectivity index (χ2n) is 5.33. The maximum Gasteiger partial charge on any atom is 0.317 e. The molecule has 0 heterocycles. The zero-order valence-electron chi connectivity index (χ0n) is 14.0. The molecule has 0 radical (unpaired) electrons. The molecule has 2 aromatic rings. The van der Waals surface area contributed by atoms with Crippen LogP contribution in [0.5, 0.6) is 11.5 Å². The van der Waals surface area contributed by atoms with Crippen molar-refractivity contribution in [1.29, 1.82) is 0 Å². The summed E-state index contributed by atoms with van der Waals surface area (Å²) in [6, 6.07) is 12.8. The summed E-state index contributed by atoms with van der Waals surface area (Å²) >= 11 is 5.96. The second kappa shape index (κ2) is 8.45. The minimum absolute atomic E-state index is 0.162. The standard InChI is InChI=1S/C18H21ClN2O3/c1-21(12-14-5-4-6-15(19)9-14)18(22)20-11-13-7-8-16(23-2)17(10-13)24-3/h4-10H,11-12H2,1-3H3,(H,20,22). The maximum absolute atomic E-state index is 12.2. The normalized spacial score (nSPS) is 10.2. The van der Waals surface area contributed by atoms with Crippen molar-refractivity contribution in [1.82, 2.24) is 10.2 Å². The molecule has 0 spiro atoms. The number of nitrogens with zero attached hydrogens (tertiary/aromatic N) is 1. The summed E-state index contributed by atoms with van der Waals surface area (Å²) in [5.74, 6) is 1.29. The summed E-state index contributed by atoms with van der Waals surface area (Å²) in [5, 5.41) is 3.54. The summed E-state index contributed by atoms with van der Waals surface area (Å²) in [5.41, 5.74) is 1.91. The third-order valence-electron chi connectivity index (χ3n) is 3.55. The highest BCUT2D eigenvalue weighted by atomic mass is 35.5. The van der Waals surface area contributed by atoms with Gasteiger partial charge >= 0.3 is 6.03 Å². The fraction of sp³-hybridized carbons (Fsp3) is 0.278. The first-order valence-electron chi connectivity index (χ1n) is 7.47. The zero-order valence-corrected chi connectivity index (χ0v) is 14.8. The molecule has 0 aliphatic carbocycles. The van der Waals surface area contributed by atoms with E-state index in [0.717, 1.165) is 11.1 Å². The Labute approximate surface area is 147 Å². The number of benzene rings is 2.